The molecule has 0 amide bonds. The molecular weight excluding hydrogens is 478 g/mol. The van der Waals surface area contributed by atoms with Crippen molar-refractivity contribution >= 4 is 52.9 Å². The fourth-order valence-corrected chi connectivity index (χ4v) is 3.58. The predicted molar refractivity (Wildman–Crippen MR) is 142 cm³/mol. The minimum absolute atomic E-state index is 0. The first-order chi connectivity index (χ1) is 15.8. The monoisotopic (exact) mass is 507 g/mol. The summed E-state index contributed by atoms with van der Waals surface area (Å²) >= 11 is 0. The number of H-pyrrole nitrogens is 3. The molecule has 168 valence electrons. The Morgan fingerprint density at radius 3 is 0.912 bits per heavy atom. The van der Waals surface area contributed by atoms with Gasteiger partial charge < -0.3 is 15.0 Å². The first-order valence-corrected chi connectivity index (χ1v) is 11.0. The molecule has 3 aromatic carbocycles. The molecule has 3 N–H and O–H groups in total. The van der Waals surface area contributed by atoms with E-state index in [0.29, 0.717) is 0 Å². The SMILES string of the molecule is Cc1cc2nc[nH]c2cc1C.Cc1cc2nc[nH]c2cc1C.Cc1cc2nc[nH]c2cc1C.[Ga+3]. The van der Waals surface area contributed by atoms with E-state index in [1.807, 2.05) is 0 Å². The van der Waals surface area contributed by atoms with Gasteiger partial charge in [0, 0.05) is 0 Å². The number of aromatic amines is 3. The summed E-state index contributed by atoms with van der Waals surface area (Å²) in [6, 6.07) is 12.7. The van der Waals surface area contributed by atoms with Crippen molar-refractivity contribution in [1.29, 1.82) is 0 Å². The molecule has 3 aromatic heterocycles. The Morgan fingerprint density at radius 1 is 0.412 bits per heavy atom. The van der Waals surface area contributed by atoms with Crippen LogP contribution in [0.15, 0.2) is 55.4 Å². The largest absolute Gasteiger partial charge is 3.00 e. The summed E-state index contributed by atoms with van der Waals surface area (Å²) in [5.41, 5.74) is 14.3. The van der Waals surface area contributed by atoms with E-state index in [2.05, 4.69) is 108 Å². The molecule has 0 bridgehead atoms. The molecule has 0 aliphatic carbocycles. The zero-order valence-electron chi connectivity index (χ0n) is 20.6. The molecule has 0 saturated carbocycles. The van der Waals surface area contributed by atoms with E-state index < -0.39 is 0 Å². The molecule has 0 aliphatic rings. The molecule has 0 aliphatic heterocycles. The number of imidazole rings is 3. The van der Waals surface area contributed by atoms with Gasteiger partial charge >= 0.3 is 19.8 Å². The summed E-state index contributed by atoms with van der Waals surface area (Å²) in [6.45, 7) is 12.6. The molecular formula is C27H30GaN6+3. The molecule has 0 radical (unpaired) electrons. The van der Waals surface area contributed by atoms with Crippen LogP contribution < -0.4 is 0 Å². The molecule has 0 unspecified atom stereocenters. The number of hydrogen-bond acceptors (Lipinski definition) is 3. The van der Waals surface area contributed by atoms with Gasteiger partial charge in [0.2, 0.25) is 0 Å². The summed E-state index contributed by atoms with van der Waals surface area (Å²) in [6.07, 6.45) is 5.18. The number of aromatic nitrogens is 6. The Kier molecular flexibility index (Phi) is 8.01. The zero-order chi connectivity index (χ0) is 23.5. The van der Waals surface area contributed by atoms with Crippen LogP contribution >= 0.6 is 0 Å². The van der Waals surface area contributed by atoms with Crippen LogP contribution in [0.5, 0.6) is 0 Å². The first-order valence-electron chi connectivity index (χ1n) is 11.0. The molecule has 6 rings (SSSR count). The normalized spacial score (nSPS) is 10.4. The Hall–Kier alpha value is -3.29. The molecule has 3 heterocycles. The maximum absolute atomic E-state index is 4.17. The molecule has 0 atom stereocenters. The third-order valence-electron chi connectivity index (χ3n) is 6.11. The van der Waals surface area contributed by atoms with Crippen molar-refractivity contribution in [3.63, 3.8) is 0 Å². The summed E-state index contributed by atoms with van der Waals surface area (Å²) in [4.78, 5) is 21.7. The van der Waals surface area contributed by atoms with Crippen LogP contribution in [-0.4, -0.2) is 49.7 Å². The van der Waals surface area contributed by atoms with Crippen molar-refractivity contribution in [3.05, 3.63) is 88.8 Å². The standard InChI is InChI=1S/3C9H10N2.Ga/c3*1-6-3-8-9(4-7(6)2)11-5-10-8;/h3*3-5H,1-2H3,(H,10,11);/q;;;+3. The van der Waals surface area contributed by atoms with Crippen LogP contribution in [-0.2, 0) is 0 Å². The summed E-state index contributed by atoms with van der Waals surface area (Å²) < 4.78 is 0. The van der Waals surface area contributed by atoms with E-state index in [9.17, 15) is 0 Å². The third-order valence-corrected chi connectivity index (χ3v) is 6.11. The number of nitrogens with one attached hydrogen (secondary N) is 3. The smallest absolute Gasteiger partial charge is 0.345 e. The van der Waals surface area contributed by atoms with Crippen LogP contribution in [0.2, 0.25) is 0 Å². The second-order valence-corrected chi connectivity index (χ2v) is 8.57. The average Bonchev–Trinajstić information content (AvgIpc) is 3.52. The van der Waals surface area contributed by atoms with Gasteiger partial charge in [0.05, 0.1) is 52.1 Å². The Balaban J connectivity index is 0.000000141. The van der Waals surface area contributed by atoms with Gasteiger partial charge in [-0.1, -0.05) is 0 Å². The Labute approximate surface area is 212 Å². The molecule has 0 spiro atoms. The van der Waals surface area contributed by atoms with Crippen LogP contribution in [0.1, 0.15) is 33.4 Å². The van der Waals surface area contributed by atoms with Crippen molar-refractivity contribution in [3.8, 4) is 0 Å². The fraction of sp³-hybridized carbons (Fsp3) is 0.222. The first kappa shape index (κ1) is 25.3. The maximum Gasteiger partial charge on any atom is 3.00 e. The van der Waals surface area contributed by atoms with Crippen molar-refractivity contribution in [2.45, 2.75) is 41.5 Å². The van der Waals surface area contributed by atoms with E-state index in [-0.39, 0.29) is 19.8 Å². The van der Waals surface area contributed by atoms with Gasteiger partial charge in [-0.15, -0.1) is 0 Å². The minimum Gasteiger partial charge on any atom is -0.345 e. The van der Waals surface area contributed by atoms with E-state index in [0.717, 1.165) is 33.1 Å². The topological polar surface area (TPSA) is 86.0 Å². The molecule has 7 heteroatoms. The van der Waals surface area contributed by atoms with Gasteiger partial charge in [-0.3, -0.25) is 0 Å². The van der Waals surface area contributed by atoms with Crippen molar-refractivity contribution in [2.75, 3.05) is 0 Å². The number of hydrogen-bond donors (Lipinski definition) is 3. The number of rotatable bonds is 0. The summed E-state index contributed by atoms with van der Waals surface area (Å²) in [7, 11) is 0. The van der Waals surface area contributed by atoms with Gasteiger partial charge in [-0.2, -0.15) is 0 Å². The Bertz CT molecular complexity index is 1250. The van der Waals surface area contributed by atoms with Gasteiger partial charge in [-0.05, 0) is 111 Å². The fourth-order valence-electron chi connectivity index (χ4n) is 3.58. The Morgan fingerprint density at radius 2 is 0.647 bits per heavy atom. The number of benzene rings is 3. The van der Waals surface area contributed by atoms with Crippen LogP contribution in [0, 0.1) is 41.5 Å². The van der Waals surface area contributed by atoms with Crippen molar-refractivity contribution in [2.24, 2.45) is 0 Å². The number of aryl methyl sites for hydroxylation is 6. The minimum atomic E-state index is 0. The summed E-state index contributed by atoms with van der Waals surface area (Å²) in [5, 5.41) is 0. The van der Waals surface area contributed by atoms with E-state index >= 15 is 0 Å². The second-order valence-electron chi connectivity index (χ2n) is 8.57. The third kappa shape index (κ3) is 5.60. The second kappa shape index (κ2) is 10.8. The molecule has 0 fully saturated rings. The molecule has 34 heavy (non-hydrogen) atoms. The predicted octanol–water partition coefficient (Wildman–Crippen LogP) is 6.16. The van der Waals surface area contributed by atoms with Gasteiger partial charge in [0.15, 0.2) is 0 Å². The number of fused-ring (bicyclic) bond motifs is 3. The van der Waals surface area contributed by atoms with Crippen LogP contribution in [0.3, 0.4) is 0 Å². The van der Waals surface area contributed by atoms with Crippen molar-refractivity contribution < 1.29 is 0 Å². The van der Waals surface area contributed by atoms with Crippen molar-refractivity contribution in [1.82, 2.24) is 29.9 Å². The number of nitrogens with zero attached hydrogens (tertiary/aromatic N) is 3. The van der Waals surface area contributed by atoms with Crippen LogP contribution in [0.4, 0.5) is 0 Å². The van der Waals surface area contributed by atoms with E-state index in [4.69, 9.17) is 0 Å². The summed E-state index contributed by atoms with van der Waals surface area (Å²) in [5.74, 6) is 0. The average molecular weight is 508 g/mol. The molecule has 6 aromatic rings. The van der Waals surface area contributed by atoms with E-state index in [1.54, 1.807) is 19.0 Å². The quantitative estimate of drug-likeness (QED) is 0.215. The van der Waals surface area contributed by atoms with Gasteiger partial charge in [0.1, 0.15) is 0 Å². The molecule has 0 saturated heterocycles. The molecule has 6 nitrogen and oxygen atoms in total. The van der Waals surface area contributed by atoms with Gasteiger partial charge in [-0.25, -0.2) is 15.0 Å². The zero-order valence-corrected chi connectivity index (χ0v) is 23.0. The maximum atomic E-state index is 4.17. The van der Waals surface area contributed by atoms with Crippen LogP contribution in [0.25, 0.3) is 33.1 Å². The van der Waals surface area contributed by atoms with Gasteiger partial charge in [0.25, 0.3) is 0 Å². The van der Waals surface area contributed by atoms with E-state index in [1.165, 1.54) is 33.4 Å².